The number of rotatable bonds is 5. The third-order valence-corrected chi connectivity index (χ3v) is 3.40. The number of esters is 1. The second-order valence-electron chi connectivity index (χ2n) is 3.54. The quantitative estimate of drug-likeness (QED) is 0.798. The van der Waals surface area contributed by atoms with Crippen molar-refractivity contribution in [3.05, 3.63) is 30.1 Å². The van der Waals surface area contributed by atoms with Gasteiger partial charge in [0.2, 0.25) is 10.0 Å². The average molecular weight is 286 g/mol. The molecule has 1 rings (SSSR count). The van der Waals surface area contributed by atoms with Gasteiger partial charge in [0.15, 0.2) is 6.10 Å². The van der Waals surface area contributed by atoms with Gasteiger partial charge in [0.1, 0.15) is 18.4 Å². The van der Waals surface area contributed by atoms with Gasteiger partial charge in [-0.3, -0.25) is 4.79 Å². The van der Waals surface area contributed by atoms with Gasteiger partial charge in [-0.15, -0.1) is 0 Å². The summed E-state index contributed by atoms with van der Waals surface area (Å²) in [6.45, 7) is 0.712. The number of hydrogen-bond acceptors (Lipinski definition) is 5. The van der Waals surface area contributed by atoms with Crippen molar-refractivity contribution in [1.82, 2.24) is 4.72 Å². The molecule has 1 atom stereocenters. The number of benzene rings is 1. The van der Waals surface area contributed by atoms with Crippen LogP contribution in [0.1, 0.15) is 6.92 Å². The lowest BCUT2D eigenvalue weighted by Gasteiger charge is -2.08. The molecule has 0 bridgehead atoms. The predicted octanol–water partition coefficient (Wildman–Crippen LogP) is 0.559. The lowest BCUT2D eigenvalue weighted by Crippen LogP contribution is -2.32. The van der Waals surface area contributed by atoms with Gasteiger partial charge in [0, 0.05) is 0 Å². The van der Waals surface area contributed by atoms with Gasteiger partial charge in [-0.25, -0.2) is 12.8 Å². The van der Waals surface area contributed by atoms with Crippen molar-refractivity contribution in [2.45, 2.75) is 17.9 Å². The summed E-state index contributed by atoms with van der Waals surface area (Å²) < 4.78 is 42.8. The van der Waals surface area contributed by atoms with Crippen molar-refractivity contribution >= 4 is 16.0 Å². The molecule has 0 spiro atoms. The highest BCUT2D eigenvalue weighted by molar-refractivity contribution is 7.89. The van der Waals surface area contributed by atoms with E-state index in [1.807, 2.05) is 4.72 Å². The summed E-state index contributed by atoms with van der Waals surface area (Å²) in [5.41, 5.74) is 0. The third kappa shape index (κ3) is 4.65. The Labute approximate surface area is 109 Å². The first-order valence-electron chi connectivity index (χ1n) is 5.19. The van der Waals surface area contributed by atoms with Crippen LogP contribution in [0.3, 0.4) is 0 Å². The van der Waals surface area contributed by atoms with Crippen molar-refractivity contribution in [2.24, 2.45) is 0 Å². The molecule has 102 valence electrons. The number of carbonyl (C=O) groups is 1. The first kappa shape index (κ1) is 15.1. The van der Waals surface area contributed by atoms with Crippen LogP contribution in [0.25, 0.3) is 0 Å². The van der Waals surface area contributed by atoms with E-state index in [9.17, 15) is 17.6 Å². The number of hydrogen-bond donors (Lipinski definition) is 1. The highest BCUT2D eigenvalue weighted by Crippen LogP contribution is 2.09. The number of sulfonamides is 1. The van der Waals surface area contributed by atoms with Crippen molar-refractivity contribution in [1.29, 1.82) is 5.26 Å². The molecule has 0 heterocycles. The van der Waals surface area contributed by atoms with E-state index in [2.05, 4.69) is 4.74 Å². The first-order valence-corrected chi connectivity index (χ1v) is 6.68. The highest BCUT2D eigenvalue weighted by atomic mass is 32.2. The standard InChI is InChI=1S/C11H11FN2O4S/c1-8(6-13)18-11(15)7-14-19(16,17)10-4-2-3-9(12)5-10/h2-5,8,14H,7H2,1H3/t8-/m1/s1. The van der Waals surface area contributed by atoms with E-state index in [0.717, 1.165) is 12.1 Å². The maximum absolute atomic E-state index is 12.9. The maximum Gasteiger partial charge on any atom is 0.322 e. The molecule has 0 aliphatic rings. The minimum Gasteiger partial charge on any atom is -0.446 e. The van der Waals surface area contributed by atoms with Gasteiger partial charge >= 0.3 is 5.97 Å². The molecule has 0 saturated heterocycles. The molecule has 1 N–H and O–H groups in total. The number of halogens is 1. The zero-order valence-electron chi connectivity index (χ0n) is 9.96. The lowest BCUT2D eigenvalue weighted by atomic mass is 10.4. The largest absolute Gasteiger partial charge is 0.446 e. The molecule has 0 radical (unpaired) electrons. The molecule has 0 saturated carbocycles. The number of ether oxygens (including phenoxy) is 1. The summed E-state index contributed by atoms with van der Waals surface area (Å²) in [5.74, 6) is -1.60. The van der Waals surface area contributed by atoms with Crippen LogP contribution in [0, 0.1) is 17.1 Å². The summed E-state index contributed by atoms with van der Waals surface area (Å²) in [6, 6.07) is 6.01. The molecule has 1 aromatic carbocycles. The molecule has 0 aromatic heterocycles. The fraction of sp³-hybridized carbons (Fsp3) is 0.273. The lowest BCUT2D eigenvalue weighted by molar-refractivity contribution is -0.144. The van der Waals surface area contributed by atoms with E-state index in [1.165, 1.54) is 19.1 Å². The summed E-state index contributed by atoms with van der Waals surface area (Å²) >= 11 is 0. The molecule has 6 nitrogen and oxygen atoms in total. The molecule has 1 aromatic rings. The number of carbonyl (C=O) groups excluding carboxylic acids is 1. The van der Waals surface area contributed by atoms with E-state index in [0.29, 0.717) is 0 Å². The molecule has 0 unspecified atom stereocenters. The number of nitriles is 1. The molecule has 0 fully saturated rings. The highest BCUT2D eigenvalue weighted by Gasteiger charge is 2.17. The zero-order valence-corrected chi connectivity index (χ0v) is 10.8. The molecule has 8 heteroatoms. The SMILES string of the molecule is C[C@H](C#N)OC(=O)CNS(=O)(=O)c1cccc(F)c1. The Morgan fingerprint density at radius 3 is 2.84 bits per heavy atom. The summed E-state index contributed by atoms with van der Waals surface area (Å²) in [5, 5.41) is 8.41. The third-order valence-electron chi connectivity index (χ3n) is 2.00. The number of nitrogens with zero attached hydrogens (tertiary/aromatic N) is 1. The Hall–Kier alpha value is -1.98. The Morgan fingerprint density at radius 2 is 2.26 bits per heavy atom. The first-order chi connectivity index (χ1) is 8.85. The van der Waals surface area contributed by atoms with Crippen molar-refractivity contribution in [3.8, 4) is 6.07 Å². The van der Waals surface area contributed by atoms with Crippen LogP contribution in [-0.4, -0.2) is 27.0 Å². The molecule has 0 amide bonds. The Balaban J connectivity index is 2.67. The molecular weight excluding hydrogens is 275 g/mol. The normalized spacial score (nSPS) is 12.5. The molecule has 0 aliphatic heterocycles. The van der Waals surface area contributed by atoms with Crippen LogP contribution in [0.5, 0.6) is 0 Å². The van der Waals surface area contributed by atoms with Crippen LogP contribution in [0.2, 0.25) is 0 Å². The minimum absolute atomic E-state index is 0.298. The smallest absolute Gasteiger partial charge is 0.322 e. The van der Waals surface area contributed by atoms with Crippen molar-refractivity contribution < 1.29 is 22.3 Å². The average Bonchev–Trinajstić information content (AvgIpc) is 2.36. The van der Waals surface area contributed by atoms with Gasteiger partial charge in [0.05, 0.1) is 4.90 Å². The molecule has 19 heavy (non-hydrogen) atoms. The van der Waals surface area contributed by atoms with Gasteiger partial charge < -0.3 is 4.74 Å². The fourth-order valence-corrected chi connectivity index (χ4v) is 2.14. The Kier molecular flexibility index (Phi) is 4.97. The van der Waals surface area contributed by atoms with Crippen molar-refractivity contribution in [3.63, 3.8) is 0 Å². The second-order valence-corrected chi connectivity index (χ2v) is 5.31. The van der Waals surface area contributed by atoms with E-state index < -0.39 is 34.5 Å². The van der Waals surface area contributed by atoms with E-state index in [4.69, 9.17) is 5.26 Å². The molecule has 0 aliphatic carbocycles. The van der Waals surface area contributed by atoms with Gasteiger partial charge in [-0.1, -0.05) is 6.07 Å². The van der Waals surface area contributed by atoms with Crippen molar-refractivity contribution in [2.75, 3.05) is 6.54 Å². The van der Waals surface area contributed by atoms with Gasteiger partial charge in [-0.2, -0.15) is 9.98 Å². The van der Waals surface area contributed by atoms with E-state index >= 15 is 0 Å². The van der Waals surface area contributed by atoms with Crippen LogP contribution in [-0.2, 0) is 19.6 Å². The summed E-state index contributed by atoms with van der Waals surface area (Å²) in [6.07, 6.45) is -0.967. The van der Waals surface area contributed by atoms with Crippen LogP contribution < -0.4 is 4.72 Å². The molecular formula is C11H11FN2O4S. The summed E-state index contributed by atoms with van der Waals surface area (Å²) in [4.78, 5) is 10.9. The fourth-order valence-electron chi connectivity index (χ4n) is 1.14. The van der Waals surface area contributed by atoms with Gasteiger partial charge in [-0.05, 0) is 25.1 Å². The van der Waals surface area contributed by atoms with Crippen LogP contribution in [0.15, 0.2) is 29.2 Å². The maximum atomic E-state index is 12.9. The monoisotopic (exact) mass is 286 g/mol. The Morgan fingerprint density at radius 1 is 1.58 bits per heavy atom. The topological polar surface area (TPSA) is 96.3 Å². The zero-order chi connectivity index (χ0) is 14.5. The summed E-state index contributed by atoms with van der Waals surface area (Å²) in [7, 11) is -3.99. The predicted molar refractivity (Wildman–Crippen MR) is 62.8 cm³/mol. The Bertz CT molecular complexity index is 609. The second kappa shape index (κ2) is 6.26. The van der Waals surface area contributed by atoms with Crippen LogP contribution in [0.4, 0.5) is 4.39 Å². The van der Waals surface area contributed by atoms with E-state index in [-0.39, 0.29) is 4.90 Å². The van der Waals surface area contributed by atoms with Crippen LogP contribution >= 0.6 is 0 Å². The van der Waals surface area contributed by atoms with E-state index in [1.54, 1.807) is 6.07 Å². The van der Waals surface area contributed by atoms with Gasteiger partial charge in [0.25, 0.3) is 0 Å². The minimum atomic E-state index is -3.99. The number of nitrogens with one attached hydrogen (secondary N) is 1.